The number of nitrogens with two attached hydrogens (primary N) is 1. The number of nitrogens with zero attached hydrogens (tertiary/aromatic N) is 2. The van der Waals surface area contributed by atoms with Gasteiger partial charge in [0, 0.05) is 0 Å². The van der Waals surface area contributed by atoms with E-state index in [9.17, 15) is 4.79 Å². The molecule has 0 bridgehead atoms. The molecule has 0 saturated heterocycles. The van der Waals surface area contributed by atoms with Crippen LogP contribution in [0.5, 0.6) is 0 Å². The normalized spacial score (nSPS) is 17.9. The van der Waals surface area contributed by atoms with E-state index in [2.05, 4.69) is 15.5 Å². The average molecular weight is 275 g/mol. The number of halogens is 1. The Morgan fingerprint density at radius 2 is 2.11 bits per heavy atom. The molecule has 102 valence electrons. The molecule has 1 fully saturated rings. The maximum atomic E-state index is 12.0. The molecule has 6 nitrogen and oxygen atoms in total. The first-order valence-corrected chi connectivity index (χ1v) is 5.96. The molecular formula is C11H19ClN4O2. The predicted molar refractivity (Wildman–Crippen MR) is 68.1 cm³/mol. The standard InChI is InChI=1S/C11H18N4O2.ClH/c1-8-14-9(17-15-8)7-13-10(16)11(12)5-3-2-4-6-11;/h2-7,12H2,1H3,(H,13,16);1H. The number of hydrogen-bond donors (Lipinski definition) is 2. The molecule has 0 aromatic carbocycles. The molecule has 1 aliphatic rings. The zero-order valence-electron chi connectivity index (χ0n) is 10.4. The van der Waals surface area contributed by atoms with Gasteiger partial charge in [0.05, 0.1) is 12.1 Å². The summed E-state index contributed by atoms with van der Waals surface area (Å²) in [6, 6.07) is 0. The van der Waals surface area contributed by atoms with Crippen LogP contribution in [0.1, 0.15) is 43.8 Å². The van der Waals surface area contributed by atoms with Crippen molar-refractivity contribution in [3.05, 3.63) is 11.7 Å². The zero-order chi connectivity index (χ0) is 12.3. The minimum Gasteiger partial charge on any atom is -0.345 e. The Labute approximate surface area is 112 Å². The van der Waals surface area contributed by atoms with Crippen molar-refractivity contribution in [3.63, 3.8) is 0 Å². The Balaban J connectivity index is 0.00000162. The van der Waals surface area contributed by atoms with E-state index in [4.69, 9.17) is 10.3 Å². The van der Waals surface area contributed by atoms with Crippen LogP contribution < -0.4 is 11.1 Å². The summed E-state index contributed by atoms with van der Waals surface area (Å²) in [5.41, 5.74) is 5.38. The Hall–Kier alpha value is -1.14. The van der Waals surface area contributed by atoms with Gasteiger partial charge in [-0.15, -0.1) is 12.4 Å². The van der Waals surface area contributed by atoms with Gasteiger partial charge >= 0.3 is 0 Å². The monoisotopic (exact) mass is 274 g/mol. The van der Waals surface area contributed by atoms with Crippen molar-refractivity contribution >= 4 is 18.3 Å². The fourth-order valence-corrected chi connectivity index (χ4v) is 2.15. The van der Waals surface area contributed by atoms with E-state index in [1.54, 1.807) is 6.92 Å². The topological polar surface area (TPSA) is 94.0 Å². The third kappa shape index (κ3) is 3.43. The molecule has 3 N–H and O–H groups in total. The predicted octanol–water partition coefficient (Wildman–Crippen LogP) is 1.08. The molecule has 1 aromatic heterocycles. The number of hydrogen-bond acceptors (Lipinski definition) is 5. The molecule has 1 amide bonds. The average Bonchev–Trinajstić information content (AvgIpc) is 2.73. The van der Waals surface area contributed by atoms with Gasteiger partial charge in [0.15, 0.2) is 5.82 Å². The molecular weight excluding hydrogens is 256 g/mol. The van der Waals surface area contributed by atoms with Crippen molar-refractivity contribution in [2.75, 3.05) is 0 Å². The summed E-state index contributed by atoms with van der Waals surface area (Å²) < 4.78 is 4.92. The first-order valence-electron chi connectivity index (χ1n) is 5.96. The Bertz CT molecular complexity index is 402. The van der Waals surface area contributed by atoms with Crippen LogP contribution in [0, 0.1) is 6.92 Å². The number of carbonyl (C=O) groups excluding carboxylic acids is 1. The highest BCUT2D eigenvalue weighted by Crippen LogP contribution is 2.25. The van der Waals surface area contributed by atoms with E-state index in [0.29, 0.717) is 11.7 Å². The molecule has 2 rings (SSSR count). The maximum absolute atomic E-state index is 12.0. The summed E-state index contributed by atoms with van der Waals surface area (Å²) in [6.07, 6.45) is 4.70. The van der Waals surface area contributed by atoms with Gasteiger partial charge in [0.1, 0.15) is 0 Å². The lowest BCUT2D eigenvalue weighted by Crippen LogP contribution is -2.54. The van der Waals surface area contributed by atoms with Crippen LogP contribution >= 0.6 is 12.4 Å². The van der Waals surface area contributed by atoms with Crippen LogP contribution in [0.3, 0.4) is 0 Å². The van der Waals surface area contributed by atoms with Gasteiger partial charge in [-0.3, -0.25) is 4.79 Å². The number of aryl methyl sites for hydroxylation is 1. The van der Waals surface area contributed by atoms with Crippen LogP contribution in [0.4, 0.5) is 0 Å². The summed E-state index contributed by atoms with van der Waals surface area (Å²) in [5, 5.41) is 6.42. The second kappa shape index (κ2) is 6.15. The van der Waals surface area contributed by atoms with Gasteiger partial charge in [-0.25, -0.2) is 0 Å². The first-order chi connectivity index (χ1) is 8.10. The number of amides is 1. The fraction of sp³-hybridized carbons (Fsp3) is 0.727. The fourth-order valence-electron chi connectivity index (χ4n) is 2.15. The highest BCUT2D eigenvalue weighted by molar-refractivity contribution is 5.86. The number of nitrogens with one attached hydrogen (secondary N) is 1. The van der Waals surface area contributed by atoms with E-state index in [-0.39, 0.29) is 24.9 Å². The van der Waals surface area contributed by atoms with Crippen molar-refractivity contribution in [2.24, 2.45) is 5.73 Å². The maximum Gasteiger partial charge on any atom is 0.246 e. The minimum absolute atomic E-state index is 0. The van der Waals surface area contributed by atoms with Crippen LogP contribution in [0.15, 0.2) is 4.52 Å². The molecule has 18 heavy (non-hydrogen) atoms. The highest BCUT2D eigenvalue weighted by atomic mass is 35.5. The Kier molecular flexibility index (Phi) is 5.10. The summed E-state index contributed by atoms with van der Waals surface area (Å²) in [6.45, 7) is 1.99. The lowest BCUT2D eigenvalue weighted by molar-refractivity contribution is -0.127. The third-order valence-electron chi connectivity index (χ3n) is 3.17. The van der Waals surface area contributed by atoms with Crippen molar-refractivity contribution in [1.29, 1.82) is 0 Å². The number of aromatic nitrogens is 2. The van der Waals surface area contributed by atoms with Gasteiger partial charge in [-0.05, 0) is 19.8 Å². The van der Waals surface area contributed by atoms with Crippen molar-refractivity contribution in [3.8, 4) is 0 Å². The summed E-state index contributed by atoms with van der Waals surface area (Å²) >= 11 is 0. The highest BCUT2D eigenvalue weighted by Gasteiger charge is 2.35. The second-order valence-corrected chi connectivity index (χ2v) is 4.63. The molecule has 7 heteroatoms. The molecule has 0 spiro atoms. The van der Waals surface area contributed by atoms with Gasteiger partial charge in [0.2, 0.25) is 11.8 Å². The molecule has 1 heterocycles. The quantitative estimate of drug-likeness (QED) is 0.860. The largest absolute Gasteiger partial charge is 0.345 e. The van der Waals surface area contributed by atoms with Crippen molar-refractivity contribution in [2.45, 2.75) is 51.1 Å². The minimum atomic E-state index is -0.715. The molecule has 0 atom stereocenters. The van der Waals surface area contributed by atoms with Crippen molar-refractivity contribution < 1.29 is 9.32 Å². The molecule has 0 unspecified atom stereocenters. The molecule has 1 aliphatic carbocycles. The lowest BCUT2D eigenvalue weighted by Gasteiger charge is -2.31. The number of rotatable bonds is 3. The van der Waals surface area contributed by atoms with Crippen LogP contribution in [0.2, 0.25) is 0 Å². The first kappa shape index (κ1) is 14.9. The van der Waals surface area contributed by atoms with Gasteiger partial charge in [0.25, 0.3) is 0 Å². The van der Waals surface area contributed by atoms with Gasteiger partial charge < -0.3 is 15.6 Å². The van der Waals surface area contributed by atoms with Crippen LogP contribution in [-0.4, -0.2) is 21.6 Å². The number of carbonyl (C=O) groups is 1. The molecule has 1 saturated carbocycles. The molecule has 0 radical (unpaired) electrons. The summed E-state index contributed by atoms with van der Waals surface area (Å²) in [4.78, 5) is 16.0. The van der Waals surface area contributed by atoms with E-state index < -0.39 is 5.54 Å². The summed E-state index contributed by atoms with van der Waals surface area (Å²) in [7, 11) is 0. The SMILES string of the molecule is Cc1noc(CNC(=O)C2(N)CCCCC2)n1.Cl. The van der Waals surface area contributed by atoms with Gasteiger partial charge in [-0.2, -0.15) is 4.98 Å². The van der Waals surface area contributed by atoms with E-state index in [0.717, 1.165) is 32.1 Å². The van der Waals surface area contributed by atoms with E-state index in [1.165, 1.54) is 0 Å². The van der Waals surface area contributed by atoms with E-state index >= 15 is 0 Å². The smallest absolute Gasteiger partial charge is 0.246 e. The molecule has 0 aliphatic heterocycles. The molecule has 1 aromatic rings. The van der Waals surface area contributed by atoms with Crippen molar-refractivity contribution in [1.82, 2.24) is 15.5 Å². The van der Waals surface area contributed by atoms with Crippen LogP contribution in [-0.2, 0) is 11.3 Å². The summed E-state index contributed by atoms with van der Waals surface area (Å²) in [5.74, 6) is 0.859. The zero-order valence-corrected chi connectivity index (χ0v) is 11.3. The Morgan fingerprint density at radius 3 is 2.67 bits per heavy atom. The van der Waals surface area contributed by atoms with Gasteiger partial charge in [-0.1, -0.05) is 24.4 Å². The van der Waals surface area contributed by atoms with E-state index in [1.807, 2.05) is 0 Å². The second-order valence-electron chi connectivity index (χ2n) is 4.63. The lowest BCUT2D eigenvalue weighted by atomic mass is 9.82. The third-order valence-corrected chi connectivity index (χ3v) is 3.17. The Morgan fingerprint density at radius 1 is 1.44 bits per heavy atom. The van der Waals surface area contributed by atoms with Crippen LogP contribution in [0.25, 0.3) is 0 Å².